The molecule has 5 fully saturated rings. The molecule has 196 valence electrons. The molecule has 7 rings (SSSR count). The van der Waals surface area contributed by atoms with E-state index in [4.69, 9.17) is 0 Å². The van der Waals surface area contributed by atoms with Crippen molar-refractivity contribution >= 4 is 27.5 Å². The molecule has 1 heterocycles. The monoisotopic (exact) mass is 525 g/mol. The second kappa shape index (κ2) is 9.20. The number of amides is 2. The van der Waals surface area contributed by atoms with Crippen LogP contribution in [0.4, 0.5) is 10.1 Å². The minimum Gasteiger partial charge on any atom is -0.347 e. The van der Waals surface area contributed by atoms with Gasteiger partial charge in [0, 0.05) is 23.3 Å². The van der Waals surface area contributed by atoms with Crippen molar-refractivity contribution < 1.29 is 22.4 Å². The van der Waals surface area contributed by atoms with Crippen LogP contribution in [0.25, 0.3) is 0 Å². The van der Waals surface area contributed by atoms with Crippen LogP contribution in [-0.4, -0.2) is 42.7 Å². The van der Waals surface area contributed by atoms with Crippen molar-refractivity contribution in [3.05, 3.63) is 59.9 Å². The summed E-state index contributed by atoms with van der Waals surface area (Å²) in [4.78, 5) is 26.1. The number of hydrogen-bond donors (Lipinski definition) is 2. The number of sulfonamides is 1. The molecule has 0 spiro atoms. The van der Waals surface area contributed by atoms with Crippen LogP contribution in [-0.2, 0) is 14.8 Å². The van der Waals surface area contributed by atoms with Crippen LogP contribution >= 0.6 is 0 Å². The highest BCUT2D eigenvalue weighted by Crippen LogP contribution is 2.55. The van der Waals surface area contributed by atoms with Gasteiger partial charge in [-0.15, -0.1) is 0 Å². The Morgan fingerprint density at radius 3 is 2.08 bits per heavy atom. The molecule has 1 atom stereocenters. The summed E-state index contributed by atoms with van der Waals surface area (Å²) in [5, 5.41) is 6.17. The molecule has 9 heteroatoms. The van der Waals surface area contributed by atoms with E-state index in [1.54, 1.807) is 24.3 Å². The third-order valence-corrected chi connectivity index (χ3v) is 10.7. The van der Waals surface area contributed by atoms with E-state index in [2.05, 4.69) is 10.6 Å². The number of benzene rings is 2. The molecule has 1 aliphatic heterocycles. The molecule has 2 amide bonds. The third kappa shape index (κ3) is 4.68. The number of anilines is 1. The lowest BCUT2D eigenvalue weighted by atomic mass is 9.53. The molecule has 7 nitrogen and oxygen atoms in total. The van der Waals surface area contributed by atoms with Crippen LogP contribution in [0.3, 0.4) is 0 Å². The number of carbonyl (C=O) groups excluding carboxylic acids is 2. The molecular weight excluding hydrogens is 493 g/mol. The number of hydrogen-bond acceptors (Lipinski definition) is 4. The normalized spacial score (nSPS) is 30.8. The largest absolute Gasteiger partial charge is 0.347 e. The van der Waals surface area contributed by atoms with Crippen molar-refractivity contribution in [2.24, 2.45) is 17.8 Å². The highest BCUT2D eigenvalue weighted by molar-refractivity contribution is 7.89. The van der Waals surface area contributed by atoms with E-state index in [0.29, 0.717) is 24.1 Å². The first-order valence-electron chi connectivity index (χ1n) is 13.2. The zero-order chi connectivity index (χ0) is 25.8. The van der Waals surface area contributed by atoms with E-state index in [9.17, 15) is 22.4 Å². The molecule has 37 heavy (non-hydrogen) atoms. The Labute approximate surface area is 216 Å². The van der Waals surface area contributed by atoms with Crippen molar-refractivity contribution in [2.75, 3.05) is 11.9 Å². The first kappa shape index (κ1) is 24.6. The van der Waals surface area contributed by atoms with Crippen molar-refractivity contribution in [3.63, 3.8) is 0 Å². The van der Waals surface area contributed by atoms with Crippen molar-refractivity contribution in [3.8, 4) is 0 Å². The molecule has 1 saturated heterocycles. The lowest BCUT2D eigenvalue weighted by molar-refractivity contribution is -0.119. The van der Waals surface area contributed by atoms with Crippen LogP contribution in [0, 0.1) is 23.6 Å². The van der Waals surface area contributed by atoms with E-state index < -0.39 is 27.8 Å². The van der Waals surface area contributed by atoms with Gasteiger partial charge >= 0.3 is 0 Å². The van der Waals surface area contributed by atoms with Crippen molar-refractivity contribution in [1.29, 1.82) is 0 Å². The SMILES string of the molecule is O=C(NC12CC3CC(CC(C3)C1)C2)c1ccc(NC(=O)[C@H]2CCCN2S(=O)(=O)c2ccc(F)cc2)cc1. The molecule has 0 radical (unpaired) electrons. The average Bonchev–Trinajstić information content (AvgIpc) is 3.35. The average molecular weight is 526 g/mol. The number of carbonyl (C=O) groups is 2. The molecule has 0 unspecified atom stereocenters. The Bertz CT molecular complexity index is 1270. The van der Waals surface area contributed by atoms with Gasteiger partial charge in [-0.3, -0.25) is 9.59 Å². The molecule has 4 bridgehead atoms. The molecular formula is C28H32FN3O4S. The summed E-state index contributed by atoms with van der Waals surface area (Å²) in [5.41, 5.74) is 0.984. The lowest BCUT2D eigenvalue weighted by Gasteiger charge is -2.56. The fourth-order valence-corrected chi connectivity index (χ4v) is 9.20. The first-order chi connectivity index (χ1) is 17.7. The van der Waals surface area contributed by atoms with Crippen LogP contribution in [0.15, 0.2) is 53.4 Å². The number of nitrogens with one attached hydrogen (secondary N) is 2. The van der Waals surface area contributed by atoms with Gasteiger partial charge in [0.05, 0.1) is 4.90 Å². The molecule has 4 aliphatic carbocycles. The van der Waals surface area contributed by atoms with E-state index in [-0.39, 0.29) is 22.9 Å². The zero-order valence-electron chi connectivity index (χ0n) is 20.7. The topological polar surface area (TPSA) is 95.6 Å². The Balaban J connectivity index is 1.10. The van der Waals surface area contributed by atoms with Gasteiger partial charge in [-0.05, 0) is 118 Å². The fourth-order valence-electron chi connectivity index (χ4n) is 7.54. The van der Waals surface area contributed by atoms with Crippen LogP contribution in [0.2, 0.25) is 0 Å². The van der Waals surface area contributed by atoms with Crippen LogP contribution in [0.5, 0.6) is 0 Å². The Morgan fingerprint density at radius 2 is 1.49 bits per heavy atom. The van der Waals surface area contributed by atoms with Crippen LogP contribution in [0.1, 0.15) is 61.7 Å². The second-order valence-corrected chi connectivity index (χ2v) is 13.3. The second-order valence-electron chi connectivity index (χ2n) is 11.4. The smallest absolute Gasteiger partial charge is 0.251 e. The first-order valence-corrected chi connectivity index (χ1v) is 14.7. The number of halogens is 1. The Hall–Kier alpha value is -2.78. The summed E-state index contributed by atoms with van der Waals surface area (Å²) in [7, 11) is -3.93. The standard InChI is InChI=1S/C28H32FN3O4S/c29-22-5-9-24(10-6-22)37(35,36)32-11-1-2-25(32)27(34)30-23-7-3-21(4-8-23)26(33)31-28-15-18-12-19(16-28)14-20(13-18)17-28/h3-10,18-20,25H,1-2,11-17H2,(H,30,34)(H,31,33)/t18?,19?,20?,25-,28?/m1/s1. The third-order valence-electron chi connectivity index (χ3n) is 8.76. The van der Waals surface area contributed by atoms with Gasteiger partial charge in [-0.25, -0.2) is 12.8 Å². The molecule has 2 aromatic rings. The van der Waals surface area contributed by atoms with Gasteiger partial charge in [0.2, 0.25) is 15.9 Å². The summed E-state index contributed by atoms with van der Waals surface area (Å²) in [6.45, 7) is 0.223. The van der Waals surface area contributed by atoms with E-state index in [1.165, 1.54) is 35.7 Å². The quantitative estimate of drug-likeness (QED) is 0.587. The summed E-state index contributed by atoms with van der Waals surface area (Å²) >= 11 is 0. The Morgan fingerprint density at radius 1 is 0.892 bits per heavy atom. The number of nitrogens with zero attached hydrogens (tertiary/aromatic N) is 1. The van der Waals surface area contributed by atoms with Crippen LogP contribution < -0.4 is 10.6 Å². The van der Waals surface area contributed by atoms with Gasteiger partial charge in [0.15, 0.2) is 0 Å². The zero-order valence-corrected chi connectivity index (χ0v) is 21.5. The predicted octanol–water partition coefficient (Wildman–Crippen LogP) is 4.32. The molecule has 2 aromatic carbocycles. The van der Waals surface area contributed by atoms with Gasteiger partial charge in [-0.2, -0.15) is 4.31 Å². The van der Waals surface area contributed by atoms with Gasteiger partial charge < -0.3 is 10.6 Å². The minimum absolute atomic E-state index is 0.0389. The minimum atomic E-state index is -3.93. The maximum absolute atomic E-state index is 13.3. The maximum Gasteiger partial charge on any atom is 0.251 e. The maximum atomic E-state index is 13.3. The molecule has 5 aliphatic rings. The molecule has 4 saturated carbocycles. The summed E-state index contributed by atoms with van der Waals surface area (Å²) in [6, 6.07) is 10.5. The summed E-state index contributed by atoms with van der Waals surface area (Å²) in [6.07, 6.45) is 8.14. The van der Waals surface area contributed by atoms with Gasteiger partial charge in [0.1, 0.15) is 11.9 Å². The van der Waals surface area contributed by atoms with Crippen molar-refractivity contribution in [1.82, 2.24) is 9.62 Å². The Kier molecular flexibility index (Phi) is 6.11. The highest BCUT2D eigenvalue weighted by atomic mass is 32.2. The van der Waals surface area contributed by atoms with E-state index in [0.717, 1.165) is 49.1 Å². The van der Waals surface area contributed by atoms with Gasteiger partial charge in [-0.1, -0.05) is 0 Å². The van der Waals surface area contributed by atoms with Gasteiger partial charge in [0.25, 0.3) is 5.91 Å². The lowest BCUT2D eigenvalue weighted by Crippen LogP contribution is -2.59. The van der Waals surface area contributed by atoms with E-state index >= 15 is 0 Å². The van der Waals surface area contributed by atoms with Crippen molar-refractivity contribution in [2.45, 2.75) is 67.8 Å². The molecule has 2 N–H and O–H groups in total. The fraction of sp³-hybridized carbons (Fsp3) is 0.500. The number of rotatable bonds is 6. The summed E-state index contributed by atoms with van der Waals surface area (Å²) in [5.74, 6) is 1.20. The predicted molar refractivity (Wildman–Crippen MR) is 137 cm³/mol. The summed E-state index contributed by atoms with van der Waals surface area (Å²) < 4.78 is 40.6. The van der Waals surface area contributed by atoms with E-state index in [1.807, 2.05) is 0 Å². The highest BCUT2D eigenvalue weighted by Gasteiger charge is 2.51. The molecule has 0 aromatic heterocycles.